The molecule has 60 valence electrons. The van der Waals surface area contributed by atoms with Crippen molar-refractivity contribution in [2.75, 3.05) is 0 Å². The van der Waals surface area contributed by atoms with Crippen molar-refractivity contribution in [3.05, 3.63) is 0 Å². The summed E-state index contributed by atoms with van der Waals surface area (Å²) in [5.74, 6) is -0.383. The molecule has 0 aliphatic rings. The fourth-order valence-corrected chi connectivity index (χ4v) is 0.933. The van der Waals surface area contributed by atoms with Crippen molar-refractivity contribution in [1.82, 2.24) is 0 Å². The molecule has 0 aromatic heterocycles. The fourth-order valence-electron chi connectivity index (χ4n) is 0.933. The molecule has 0 aromatic rings. The molecule has 0 spiro atoms. The Kier molecular flexibility index (Phi) is 6.43. The van der Waals surface area contributed by atoms with Gasteiger partial charge in [0.1, 0.15) is 5.92 Å². The normalized spacial score (nSPS) is 9.09. The quantitative estimate of drug-likeness (QED) is 0.565. The Hall–Kier alpha value is -1.02. The highest BCUT2D eigenvalue weighted by molar-refractivity contribution is 4.98. The van der Waals surface area contributed by atoms with E-state index in [0.717, 1.165) is 19.3 Å². The Labute approximate surface area is 68.4 Å². The summed E-state index contributed by atoms with van der Waals surface area (Å²) < 4.78 is 0. The van der Waals surface area contributed by atoms with Crippen LogP contribution in [0.4, 0.5) is 0 Å². The maximum absolute atomic E-state index is 8.41. The van der Waals surface area contributed by atoms with Gasteiger partial charge in [-0.15, -0.1) is 0 Å². The summed E-state index contributed by atoms with van der Waals surface area (Å²) in [5.41, 5.74) is 0. The van der Waals surface area contributed by atoms with Crippen LogP contribution in [0.1, 0.15) is 39.0 Å². The van der Waals surface area contributed by atoms with Crippen molar-refractivity contribution in [3.63, 3.8) is 0 Å². The van der Waals surface area contributed by atoms with Crippen molar-refractivity contribution in [1.29, 1.82) is 10.5 Å². The maximum Gasteiger partial charge on any atom is 0.133 e. The zero-order valence-corrected chi connectivity index (χ0v) is 7.01. The van der Waals surface area contributed by atoms with E-state index < -0.39 is 0 Å². The molecule has 0 saturated carbocycles. The van der Waals surface area contributed by atoms with E-state index in [2.05, 4.69) is 6.92 Å². The van der Waals surface area contributed by atoms with Crippen molar-refractivity contribution >= 4 is 0 Å². The lowest BCUT2D eigenvalue weighted by Crippen LogP contribution is -1.91. The van der Waals surface area contributed by atoms with Crippen LogP contribution in [0.25, 0.3) is 0 Å². The summed E-state index contributed by atoms with van der Waals surface area (Å²) in [5, 5.41) is 16.8. The number of unbranched alkanes of at least 4 members (excludes halogenated alkanes) is 3. The van der Waals surface area contributed by atoms with Crippen molar-refractivity contribution < 1.29 is 0 Å². The molecule has 0 heterocycles. The zero-order chi connectivity index (χ0) is 8.53. The Balaban J connectivity index is 3.25. The van der Waals surface area contributed by atoms with Crippen LogP contribution in [0, 0.1) is 28.6 Å². The predicted molar refractivity (Wildman–Crippen MR) is 43.5 cm³/mol. The molecule has 0 aromatic carbocycles. The summed E-state index contributed by atoms with van der Waals surface area (Å²) >= 11 is 0. The summed E-state index contributed by atoms with van der Waals surface area (Å²) in [7, 11) is 0. The lowest BCUT2D eigenvalue weighted by Gasteiger charge is -1.97. The largest absolute Gasteiger partial charge is 0.197 e. The Morgan fingerprint density at radius 3 is 2.18 bits per heavy atom. The lowest BCUT2D eigenvalue weighted by molar-refractivity contribution is 0.600. The molecule has 2 heteroatoms. The first-order valence-electron chi connectivity index (χ1n) is 4.14. The monoisotopic (exact) mass is 150 g/mol. The van der Waals surface area contributed by atoms with Crippen LogP contribution < -0.4 is 0 Å². The van der Waals surface area contributed by atoms with Crippen molar-refractivity contribution in [2.24, 2.45) is 5.92 Å². The molecule has 11 heavy (non-hydrogen) atoms. The van der Waals surface area contributed by atoms with Gasteiger partial charge in [-0.3, -0.25) is 0 Å². The molecule has 0 amide bonds. The second-order valence-electron chi connectivity index (χ2n) is 2.66. The number of rotatable bonds is 5. The minimum absolute atomic E-state index is 0.383. The van der Waals surface area contributed by atoms with Gasteiger partial charge in [0.15, 0.2) is 0 Å². The summed E-state index contributed by atoms with van der Waals surface area (Å²) in [6, 6.07) is 3.94. The van der Waals surface area contributed by atoms with Gasteiger partial charge in [-0.25, -0.2) is 0 Å². The Morgan fingerprint density at radius 2 is 1.73 bits per heavy atom. The van der Waals surface area contributed by atoms with E-state index in [1.54, 1.807) is 0 Å². The number of nitriles is 2. The fraction of sp³-hybridized carbons (Fsp3) is 0.778. The molecule has 0 atom stereocenters. The van der Waals surface area contributed by atoms with E-state index in [9.17, 15) is 0 Å². The van der Waals surface area contributed by atoms with Crippen LogP contribution in [-0.2, 0) is 0 Å². The average Bonchev–Trinajstić information content (AvgIpc) is 2.05. The minimum Gasteiger partial charge on any atom is -0.197 e. The Bertz CT molecular complexity index is 147. The van der Waals surface area contributed by atoms with Crippen LogP contribution in [-0.4, -0.2) is 0 Å². The molecule has 0 radical (unpaired) electrons. The van der Waals surface area contributed by atoms with Gasteiger partial charge in [-0.2, -0.15) is 10.5 Å². The van der Waals surface area contributed by atoms with Gasteiger partial charge in [-0.1, -0.05) is 32.6 Å². The molecule has 0 fully saturated rings. The van der Waals surface area contributed by atoms with Gasteiger partial charge in [0.2, 0.25) is 0 Å². The Morgan fingerprint density at radius 1 is 1.09 bits per heavy atom. The molecule has 0 rings (SSSR count). The van der Waals surface area contributed by atoms with Crippen LogP contribution in [0.3, 0.4) is 0 Å². The second-order valence-corrected chi connectivity index (χ2v) is 2.66. The summed E-state index contributed by atoms with van der Waals surface area (Å²) in [4.78, 5) is 0. The van der Waals surface area contributed by atoms with Crippen LogP contribution in [0.15, 0.2) is 0 Å². The van der Waals surface area contributed by atoms with Gasteiger partial charge >= 0.3 is 0 Å². The summed E-state index contributed by atoms with van der Waals surface area (Å²) in [6.07, 6.45) is 5.32. The van der Waals surface area contributed by atoms with Crippen LogP contribution in [0.2, 0.25) is 0 Å². The molecular weight excluding hydrogens is 136 g/mol. The first kappa shape index (κ1) is 9.98. The average molecular weight is 150 g/mol. The van der Waals surface area contributed by atoms with Crippen molar-refractivity contribution in [3.8, 4) is 12.1 Å². The number of nitrogens with zero attached hydrogens (tertiary/aromatic N) is 2. The topological polar surface area (TPSA) is 47.6 Å². The predicted octanol–water partition coefficient (Wildman–Crippen LogP) is 2.62. The highest BCUT2D eigenvalue weighted by Gasteiger charge is 2.02. The lowest BCUT2D eigenvalue weighted by atomic mass is 10.0. The second kappa shape index (κ2) is 7.09. The standard InChI is InChI=1S/C9H14N2/c1-2-3-4-5-6-9(7-10)8-11/h9H,2-6H2,1H3. The van der Waals surface area contributed by atoms with Crippen LogP contribution in [0.5, 0.6) is 0 Å². The van der Waals surface area contributed by atoms with Gasteiger partial charge in [0, 0.05) is 0 Å². The van der Waals surface area contributed by atoms with Gasteiger partial charge < -0.3 is 0 Å². The minimum atomic E-state index is -0.383. The SMILES string of the molecule is CCCCCCC(C#N)C#N. The molecule has 0 saturated heterocycles. The first-order valence-corrected chi connectivity index (χ1v) is 4.14. The number of hydrogen-bond acceptors (Lipinski definition) is 2. The van der Waals surface area contributed by atoms with E-state index in [0.29, 0.717) is 0 Å². The zero-order valence-electron chi connectivity index (χ0n) is 7.01. The van der Waals surface area contributed by atoms with E-state index in [4.69, 9.17) is 10.5 Å². The third-order valence-corrected chi connectivity index (χ3v) is 1.66. The van der Waals surface area contributed by atoms with Gasteiger partial charge in [0.05, 0.1) is 12.1 Å². The number of hydrogen-bond donors (Lipinski definition) is 0. The van der Waals surface area contributed by atoms with E-state index in [1.165, 1.54) is 12.8 Å². The molecular formula is C9H14N2. The summed E-state index contributed by atoms with van der Waals surface area (Å²) in [6.45, 7) is 2.14. The van der Waals surface area contributed by atoms with Gasteiger partial charge in [0.25, 0.3) is 0 Å². The third kappa shape index (κ3) is 5.43. The molecule has 0 aliphatic heterocycles. The highest BCUT2D eigenvalue weighted by Crippen LogP contribution is 2.08. The molecule has 0 unspecified atom stereocenters. The third-order valence-electron chi connectivity index (χ3n) is 1.66. The molecule has 0 N–H and O–H groups in total. The van der Waals surface area contributed by atoms with E-state index in [-0.39, 0.29) is 5.92 Å². The van der Waals surface area contributed by atoms with Crippen LogP contribution >= 0.6 is 0 Å². The van der Waals surface area contributed by atoms with Gasteiger partial charge in [-0.05, 0) is 6.42 Å². The van der Waals surface area contributed by atoms with E-state index in [1.807, 2.05) is 12.1 Å². The maximum atomic E-state index is 8.41. The molecule has 0 bridgehead atoms. The highest BCUT2D eigenvalue weighted by atomic mass is 14.3. The van der Waals surface area contributed by atoms with Crippen molar-refractivity contribution in [2.45, 2.75) is 39.0 Å². The smallest absolute Gasteiger partial charge is 0.133 e. The molecule has 2 nitrogen and oxygen atoms in total. The van der Waals surface area contributed by atoms with E-state index >= 15 is 0 Å². The molecule has 0 aliphatic carbocycles. The first-order chi connectivity index (χ1) is 5.35.